The van der Waals surface area contributed by atoms with Crippen LogP contribution < -0.4 is 5.32 Å². The highest BCUT2D eigenvalue weighted by Crippen LogP contribution is 2.28. The Morgan fingerprint density at radius 1 is 1.37 bits per heavy atom. The second kappa shape index (κ2) is 5.33. The molecule has 3 nitrogen and oxygen atoms in total. The van der Waals surface area contributed by atoms with Crippen molar-refractivity contribution in [3.63, 3.8) is 0 Å². The zero-order valence-electron chi connectivity index (χ0n) is 11.6. The van der Waals surface area contributed by atoms with Gasteiger partial charge in [0, 0.05) is 26.2 Å². The first-order chi connectivity index (χ1) is 9.28. The maximum absolute atomic E-state index is 11.7. The Bertz CT molecular complexity index is 478. The van der Waals surface area contributed by atoms with Gasteiger partial charge in [-0.15, -0.1) is 0 Å². The van der Waals surface area contributed by atoms with E-state index in [9.17, 15) is 4.79 Å². The molecular weight excluding hydrogens is 236 g/mol. The average molecular weight is 258 g/mol. The molecule has 1 aromatic rings. The van der Waals surface area contributed by atoms with Crippen molar-refractivity contribution in [2.75, 3.05) is 19.6 Å². The van der Waals surface area contributed by atoms with Crippen LogP contribution in [-0.4, -0.2) is 30.4 Å². The first-order valence-corrected chi connectivity index (χ1v) is 7.37. The number of hydrogen-bond donors (Lipinski definition) is 1. The standard InChI is InChI=1S/C16H22N2O/c1-2-17-16(19)14-10-18(11-14)9-13-7-3-5-12-6-4-8-15(12)13/h3,5,7,14H,2,4,6,8-11H2,1H3,(H,17,19). The van der Waals surface area contributed by atoms with Crippen LogP contribution in [0.5, 0.6) is 0 Å². The van der Waals surface area contributed by atoms with Gasteiger partial charge in [0.15, 0.2) is 0 Å². The van der Waals surface area contributed by atoms with Gasteiger partial charge in [0.05, 0.1) is 5.92 Å². The Morgan fingerprint density at radius 2 is 2.21 bits per heavy atom. The summed E-state index contributed by atoms with van der Waals surface area (Å²) in [5, 5.41) is 2.91. The number of carbonyl (C=O) groups is 1. The molecule has 1 amide bonds. The summed E-state index contributed by atoms with van der Waals surface area (Å²) in [4.78, 5) is 14.1. The van der Waals surface area contributed by atoms with Gasteiger partial charge in [-0.1, -0.05) is 18.2 Å². The monoisotopic (exact) mass is 258 g/mol. The SMILES string of the molecule is CCNC(=O)C1CN(Cc2cccc3c2CCC3)C1. The fourth-order valence-electron chi connectivity index (χ4n) is 3.27. The van der Waals surface area contributed by atoms with Crippen molar-refractivity contribution >= 4 is 5.91 Å². The summed E-state index contributed by atoms with van der Waals surface area (Å²) in [6.45, 7) is 5.55. The summed E-state index contributed by atoms with van der Waals surface area (Å²) in [5.41, 5.74) is 4.59. The molecule has 0 spiro atoms. The van der Waals surface area contributed by atoms with E-state index in [4.69, 9.17) is 0 Å². The third-order valence-electron chi connectivity index (χ3n) is 4.32. The lowest BCUT2D eigenvalue weighted by Crippen LogP contribution is -2.53. The molecule has 1 aliphatic carbocycles. The normalized spacial score (nSPS) is 19.0. The Morgan fingerprint density at radius 3 is 3.00 bits per heavy atom. The number of nitrogens with zero attached hydrogens (tertiary/aromatic N) is 1. The lowest BCUT2D eigenvalue weighted by Gasteiger charge is -2.38. The largest absolute Gasteiger partial charge is 0.356 e. The molecule has 0 radical (unpaired) electrons. The van der Waals surface area contributed by atoms with Gasteiger partial charge in [0.1, 0.15) is 0 Å². The molecule has 3 heteroatoms. The molecule has 1 aliphatic heterocycles. The summed E-state index contributed by atoms with van der Waals surface area (Å²) >= 11 is 0. The highest BCUT2D eigenvalue weighted by Gasteiger charge is 2.32. The maximum Gasteiger partial charge on any atom is 0.225 e. The van der Waals surface area contributed by atoms with E-state index >= 15 is 0 Å². The van der Waals surface area contributed by atoms with Gasteiger partial charge in [-0.25, -0.2) is 0 Å². The van der Waals surface area contributed by atoms with Gasteiger partial charge in [-0.05, 0) is 42.9 Å². The minimum Gasteiger partial charge on any atom is -0.356 e. The average Bonchev–Trinajstić information content (AvgIpc) is 2.82. The lowest BCUT2D eigenvalue weighted by molar-refractivity contribution is -0.130. The molecule has 0 saturated carbocycles. The predicted molar refractivity (Wildman–Crippen MR) is 75.9 cm³/mol. The molecule has 2 aliphatic rings. The van der Waals surface area contributed by atoms with Crippen molar-refractivity contribution < 1.29 is 4.79 Å². The number of benzene rings is 1. The molecule has 1 heterocycles. The number of hydrogen-bond acceptors (Lipinski definition) is 2. The van der Waals surface area contributed by atoms with Crippen molar-refractivity contribution in [2.45, 2.75) is 32.7 Å². The predicted octanol–water partition coefficient (Wildman–Crippen LogP) is 1.74. The molecule has 1 aromatic carbocycles. The van der Waals surface area contributed by atoms with Crippen LogP contribution in [0.2, 0.25) is 0 Å². The van der Waals surface area contributed by atoms with Gasteiger partial charge in [0.2, 0.25) is 5.91 Å². The number of fused-ring (bicyclic) bond motifs is 1. The summed E-state index contributed by atoms with van der Waals surface area (Å²) < 4.78 is 0. The van der Waals surface area contributed by atoms with Crippen LogP contribution in [-0.2, 0) is 24.2 Å². The lowest BCUT2D eigenvalue weighted by atomic mass is 9.96. The third kappa shape index (κ3) is 2.52. The van der Waals surface area contributed by atoms with E-state index in [1.807, 2.05) is 6.92 Å². The minimum absolute atomic E-state index is 0.205. The van der Waals surface area contributed by atoms with E-state index in [1.165, 1.54) is 24.8 Å². The van der Waals surface area contributed by atoms with Crippen LogP contribution in [0, 0.1) is 5.92 Å². The molecule has 1 fully saturated rings. The number of carbonyl (C=O) groups excluding carboxylic acids is 1. The Balaban J connectivity index is 1.57. The second-order valence-electron chi connectivity index (χ2n) is 5.69. The van der Waals surface area contributed by atoms with Gasteiger partial charge < -0.3 is 5.32 Å². The molecule has 0 bridgehead atoms. The van der Waals surface area contributed by atoms with Crippen LogP contribution in [0.4, 0.5) is 0 Å². The summed E-state index contributed by atoms with van der Waals surface area (Å²) in [7, 11) is 0. The topological polar surface area (TPSA) is 32.3 Å². The summed E-state index contributed by atoms with van der Waals surface area (Å²) in [5.74, 6) is 0.425. The van der Waals surface area contributed by atoms with Crippen LogP contribution >= 0.6 is 0 Å². The van der Waals surface area contributed by atoms with Gasteiger partial charge >= 0.3 is 0 Å². The fraction of sp³-hybridized carbons (Fsp3) is 0.562. The molecule has 1 N–H and O–H groups in total. The molecule has 3 rings (SSSR count). The van der Waals surface area contributed by atoms with E-state index < -0.39 is 0 Å². The van der Waals surface area contributed by atoms with Crippen LogP contribution in [0.25, 0.3) is 0 Å². The fourth-order valence-corrected chi connectivity index (χ4v) is 3.27. The Kier molecular flexibility index (Phi) is 3.56. The number of likely N-dealkylation sites (tertiary alicyclic amines) is 1. The highest BCUT2D eigenvalue weighted by molar-refractivity contribution is 5.79. The van der Waals surface area contributed by atoms with Gasteiger partial charge in [-0.3, -0.25) is 9.69 Å². The molecule has 19 heavy (non-hydrogen) atoms. The molecule has 0 aromatic heterocycles. The Labute approximate surface area is 115 Å². The quantitative estimate of drug-likeness (QED) is 0.892. The van der Waals surface area contributed by atoms with Crippen molar-refractivity contribution in [1.29, 1.82) is 0 Å². The minimum atomic E-state index is 0.205. The molecule has 0 atom stereocenters. The van der Waals surface area contributed by atoms with Crippen LogP contribution in [0.1, 0.15) is 30.0 Å². The first-order valence-electron chi connectivity index (χ1n) is 7.37. The van der Waals surface area contributed by atoms with Crippen molar-refractivity contribution in [3.8, 4) is 0 Å². The summed E-state index contributed by atoms with van der Waals surface area (Å²) in [6, 6.07) is 6.70. The molecule has 1 saturated heterocycles. The van der Waals surface area contributed by atoms with Crippen molar-refractivity contribution in [1.82, 2.24) is 10.2 Å². The van der Waals surface area contributed by atoms with Gasteiger partial charge in [-0.2, -0.15) is 0 Å². The van der Waals surface area contributed by atoms with Crippen LogP contribution in [0.15, 0.2) is 18.2 Å². The molecule has 0 unspecified atom stereocenters. The zero-order chi connectivity index (χ0) is 13.2. The Hall–Kier alpha value is -1.35. The number of aryl methyl sites for hydroxylation is 1. The molecule has 102 valence electrons. The summed E-state index contributed by atoms with van der Waals surface area (Å²) in [6.07, 6.45) is 3.78. The van der Waals surface area contributed by atoms with E-state index in [2.05, 4.69) is 28.4 Å². The smallest absolute Gasteiger partial charge is 0.225 e. The third-order valence-corrected chi connectivity index (χ3v) is 4.32. The number of amides is 1. The highest BCUT2D eigenvalue weighted by atomic mass is 16.2. The van der Waals surface area contributed by atoms with E-state index in [1.54, 1.807) is 11.1 Å². The molecular formula is C16H22N2O. The van der Waals surface area contributed by atoms with E-state index in [-0.39, 0.29) is 11.8 Å². The maximum atomic E-state index is 11.7. The second-order valence-corrected chi connectivity index (χ2v) is 5.69. The zero-order valence-corrected chi connectivity index (χ0v) is 11.6. The first kappa shape index (κ1) is 12.7. The van der Waals surface area contributed by atoms with E-state index in [0.717, 1.165) is 26.2 Å². The van der Waals surface area contributed by atoms with E-state index in [0.29, 0.717) is 0 Å². The number of nitrogens with one attached hydrogen (secondary N) is 1. The van der Waals surface area contributed by atoms with Crippen LogP contribution in [0.3, 0.4) is 0 Å². The van der Waals surface area contributed by atoms with Crippen molar-refractivity contribution in [2.24, 2.45) is 5.92 Å². The van der Waals surface area contributed by atoms with Crippen molar-refractivity contribution in [3.05, 3.63) is 34.9 Å². The number of rotatable bonds is 4. The van der Waals surface area contributed by atoms with Gasteiger partial charge in [0.25, 0.3) is 0 Å².